The van der Waals surface area contributed by atoms with Crippen LogP contribution in [0.2, 0.25) is 0 Å². The highest BCUT2D eigenvalue weighted by atomic mass is 16.3. The molecule has 1 aromatic carbocycles. The summed E-state index contributed by atoms with van der Waals surface area (Å²) in [5.74, 6) is -2.90. The molecule has 0 heterocycles. The number of aliphatic hydroxyl groups excluding tert-OH is 2. The number of carbonyl (C=O) groups excluding carboxylic acids is 3. The summed E-state index contributed by atoms with van der Waals surface area (Å²) in [7, 11) is 0. The van der Waals surface area contributed by atoms with Crippen molar-refractivity contribution in [3.63, 3.8) is 0 Å². The van der Waals surface area contributed by atoms with Crippen molar-refractivity contribution in [2.45, 2.75) is 79.8 Å². The fourth-order valence-corrected chi connectivity index (χ4v) is 5.85. The molecule has 2 aliphatic rings. The van der Waals surface area contributed by atoms with Crippen LogP contribution in [0, 0.1) is 22.7 Å². The van der Waals surface area contributed by atoms with Crippen LogP contribution in [0.5, 0.6) is 0 Å². The van der Waals surface area contributed by atoms with Gasteiger partial charge in [0.2, 0.25) is 0 Å². The molecule has 5 nitrogen and oxygen atoms in total. The van der Waals surface area contributed by atoms with E-state index in [0.717, 1.165) is 16.7 Å². The number of allylic oxidation sites excluding steroid dienone is 5. The SMILES string of the molecule is C=C(C)[C@@H](O)CC/C(C)=C/C[C@@H]1C[C@]2(CC=C(C)C)C(=O)/C(=C(/O)c3ccccc3)C(=O)[C@@H](C2=O)C1(C)C. The monoisotopic (exact) mass is 518 g/mol. The van der Waals surface area contributed by atoms with Crippen molar-refractivity contribution in [3.05, 3.63) is 76.9 Å². The molecule has 2 aliphatic carbocycles. The molecule has 0 unspecified atom stereocenters. The first-order valence-corrected chi connectivity index (χ1v) is 13.5. The molecule has 2 saturated carbocycles. The quantitative estimate of drug-likeness (QED) is 0.124. The number of benzene rings is 1. The zero-order valence-corrected chi connectivity index (χ0v) is 23.6. The van der Waals surface area contributed by atoms with E-state index >= 15 is 0 Å². The van der Waals surface area contributed by atoms with Crippen molar-refractivity contribution < 1.29 is 24.6 Å². The minimum Gasteiger partial charge on any atom is -0.506 e. The summed E-state index contributed by atoms with van der Waals surface area (Å²) in [6, 6.07) is 8.58. The van der Waals surface area contributed by atoms with Gasteiger partial charge in [-0.2, -0.15) is 0 Å². The zero-order chi connectivity index (χ0) is 28.4. The molecule has 5 heteroatoms. The topological polar surface area (TPSA) is 91.7 Å². The second-order valence-electron chi connectivity index (χ2n) is 12.1. The van der Waals surface area contributed by atoms with Gasteiger partial charge >= 0.3 is 0 Å². The van der Waals surface area contributed by atoms with E-state index in [4.69, 9.17) is 0 Å². The third-order valence-corrected chi connectivity index (χ3v) is 8.57. The smallest absolute Gasteiger partial charge is 0.184 e. The molecule has 2 fully saturated rings. The minimum atomic E-state index is -1.38. The number of carbonyl (C=O) groups is 3. The molecular formula is C33H42O5. The molecular weight excluding hydrogens is 476 g/mol. The summed E-state index contributed by atoms with van der Waals surface area (Å²) in [5, 5.41) is 21.2. The lowest BCUT2D eigenvalue weighted by Crippen LogP contribution is -2.62. The number of fused-ring (bicyclic) bond motifs is 2. The lowest BCUT2D eigenvalue weighted by Gasteiger charge is -2.53. The predicted molar refractivity (Wildman–Crippen MR) is 151 cm³/mol. The van der Waals surface area contributed by atoms with Crippen molar-refractivity contribution in [3.8, 4) is 0 Å². The first-order chi connectivity index (χ1) is 17.7. The molecule has 38 heavy (non-hydrogen) atoms. The maximum Gasteiger partial charge on any atom is 0.184 e. The lowest BCUT2D eigenvalue weighted by molar-refractivity contribution is -0.162. The first-order valence-electron chi connectivity index (χ1n) is 13.5. The van der Waals surface area contributed by atoms with Crippen LogP contribution in [-0.2, 0) is 14.4 Å². The van der Waals surface area contributed by atoms with E-state index in [1.54, 1.807) is 30.3 Å². The zero-order valence-electron chi connectivity index (χ0n) is 23.6. The predicted octanol–water partition coefficient (Wildman–Crippen LogP) is 6.74. The Morgan fingerprint density at radius 3 is 2.29 bits per heavy atom. The molecule has 0 aliphatic heterocycles. The van der Waals surface area contributed by atoms with Crippen LogP contribution < -0.4 is 0 Å². The number of hydrogen-bond acceptors (Lipinski definition) is 5. The Kier molecular flexibility index (Phi) is 8.82. The summed E-state index contributed by atoms with van der Waals surface area (Å²) in [5.41, 5.74) is 0.888. The third-order valence-electron chi connectivity index (χ3n) is 8.57. The van der Waals surface area contributed by atoms with Crippen LogP contribution in [-0.4, -0.2) is 33.7 Å². The normalized spacial score (nSPS) is 27.1. The minimum absolute atomic E-state index is 0.0925. The second-order valence-corrected chi connectivity index (χ2v) is 12.1. The van der Waals surface area contributed by atoms with Gasteiger partial charge in [0.25, 0.3) is 0 Å². The largest absolute Gasteiger partial charge is 0.506 e. The van der Waals surface area contributed by atoms with Crippen molar-refractivity contribution in [1.29, 1.82) is 0 Å². The summed E-state index contributed by atoms with van der Waals surface area (Å²) in [6.07, 6.45) is 5.90. The van der Waals surface area contributed by atoms with E-state index in [2.05, 4.69) is 12.7 Å². The van der Waals surface area contributed by atoms with Gasteiger partial charge in [0.1, 0.15) is 11.3 Å². The van der Waals surface area contributed by atoms with Gasteiger partial charge in [-0.1, -0.05) is 79.6 Å². The van der Waals surface area contributed by atoms with E-state index in [0.29, 0.717) is 31.2 Å². The van der Waals surface area contributed by atoms with Gasteiger partial charge in [0.05, 0.1) is 17.4 Å². The molecule has 0 aromatic heterocycles. The highest BCUT2D eigenvalue weighted by molar-refractivity contribution is 6.39. The van der Waals surface area contributed by atoms with Gasteiger partial charge in [-0.25, -0.2) is 0 Å². The Morgan fingerprint density at radius 2 is 1.71 bits per heavy atom. The van der Waals surface area contributed by atoms with E-state index in [1.165, 1.54) is 0 Å². The molecule has 0 spiro atoms. The summed E-state index contributed by atoms with van der Waals surface area (Å²) in [4.78, 5) is 41.9. The molecule has 1 aromatic rings. The Balaban J connectivity index is 2.06. The van der Waals surface area contributed by atoms with Gasteiger partial charge in [0.15, 0.2) is 17.3 Å². The number of Topliss-reactive ketones (excluding diaryl/α,β-unsaturated/α-hetero) is 3. The number of aliphatic hydroxyl groups is 2. The Labute approximate surface area is 227 Å². The van der Waals surface area contributed by atoms with Crippen LogP contribution in [0.15, 0.2) is 71.4 Å². The van der Waals surface area contributed by atoms with E-state index in [9.17, 15) is 24.6 Å². The number of rotatable bonds is 9. The molecule has 4 atom stereocenters. The maximum atomic E-state index is 14.1. The van der Waals surface area contributed by atoms with Crippen LogP contribution in [0.25, 0.3) is 5.76 Å². The van der Waals surface area contributed by atoms with E-state index < -0.39 is 34.4 Å². The average Bonchev–Trinajstić information content (AvgIpc) is 2.85. The van der Waals surface area contributed by atoms with Gasteiger partial charge in [-0.3, -0.25) is 14.4 Å². The van der Waals surface area contributed by atoms with Gasteiger partial charge < -0.3 is 10.2 Å². The molecule has 0 saturated heterocycles. The van der Waals surface area contributed by atoms with Crippen molar-refractivity contribution in [2.24, 2.45) is 22.7 Å². The average molecular weight is 519 g/mol. The molecule has 0 amide bonds. The van der Waals surface area contributed by atoms with Crippen LogP contribution in [0.3, 0.4) is 0 Å². The maximum absolute atomic E-state index is 14.1. The first kappa shape index (κ1) is 29.5. The molecule has 2 bridgehead atoms. The van der Waals surface area contributed by atoms with Crippen molar-refractivity contribution in [2.75, 3.05) is 0 Å². The number of ketones is 3. The molecule has 0 radical (unpaired) electrons. The third kappa shape index (κ3) is 5.54. The highest BCUT2D eigenvalue weighted by Gasteiger charge is 2.66. The lowest BCUT2D eigenvalue weighted by atomic mass is 9.46. The van der Waals surface area contributed by atoms with Gasteiger partial charge in [-0.05, 0) is 71.1 Å². The Morgan fingerprint density at radius 1 is 1.08 bits per heavy atom. The highest BCUT2D eigenvalue weighted by Crippen LogP contribution is 2.58. The van der Waals surface area contributed by atoms with Gasteiger partial charge in [0, 0.05) is 5.56 Å². The Hall–Kier alpha value is -3.05. The molecule has 204 valence electrons. The summed E-state index contributed by atoms with van der Waals surface area (Å²) < 4.78 is 0. The summed E-state index contributed by atoms with van der Waals surface area (Å²) >= 11 is 0. The molecule has 2 N–H and O–H groups in total. The fraction of sp³-hybridized carbons (Fsp3) is 0.485. The van der Waals surface area contributed by atoms with Crippen molar-refractivity contribution in [1.82, 2.24) is 0 Å². The van der Waals surface area contributed by atoms with E-state index in [-0.39, 0.29) is 29.5 Å². The van der Waals surface area contributed by atoms with Crippen LogP contribution in [0.1, 0.15) is 79.2 Å². The van der Waals surface area contributed by atoms with Gasteiger partial charge in [-0.15, -0.1) is 0 Å². The van der Waals surface area contributed by atoms with Crippen LogP contribution in [0.4, 0.5) is 0 Å². The van der Waals surface area contributed by atoms with Crippen molar-refractivity contribution >= 4 is 23.1 Å². The molecule has 3 rings (SSSR count). The summed E-state index contributed by atoms with van der Waals surface area (Å²) in [6.45, 7) is 15.3. The second kappa shape index (κ2) is 11.4. The standard InChI is InChI=1S/C33H42O5/c1-20(2)17-18-33-19-24(15-13-22(5)14-16-25(34)21(3)4)32(6,7)27(31(33)38)29(36)26(30(33)37)28(35)23-11-9-8-10-12-23/h8-13,17,24-25,27,34-35H,3,14-16,18-19H2,1-2,4-7H3/b22-13+,28-26+/t24-,25+,27+,33-/m1/s1. The van der Waals surface area contributed by atoms with E-state index in [1.807, 2.05) is 47.6 Å². The Bertz CT molecular complexity index is 1210. The fourth-order valence-electron chi connectivity index (χ4n) is 5.85. The number of hydrogen-bond donors (Lipinski definition) is 2. The van der Waals surface area contributed by atoms with Crippen LogP contribution >= 0.6 is 0 Å².